The highest BCUT2D eigenvalue weighted by Crippen LogP contribution is 2.21. The number of aliphatic hydroxyl groups is 1. The van der Waals surface area contributed by atoms with Crippen molar-refractivity contribution in [2.45, 2.75) is 31.7 Å². The van der Waals surface area contributed by atoms with Gasteiger partial charge in [-0.1, -0.05) is 6.08 Å². The first-order valence-electron chi connectivity index (χ1n) is 5.90. The second kappa shape index (κ2) is 6.01. The summed E-state index contributed by atoms with van der Waals surface area (Å²) in [4.78, 5) is 14.0. The monoisotopic (exact) mass is 226 g/mol. The molecule has 0 saturated carbocycles. The molecule has 1 saturated heterocycles. The Kier molecular flexibility index (Phi) is 4.96. The Bertz CT molecular complexity index is 247. The third-order valence-electron chi connectivity index (χ3n) is 3.10. The molecule has 1 rings (SSSR count). The first-order valence-corrected chi connectivity index (χ1v) is 5.90. The van der Waals surface area contributed by atoms with Crippen LogP contribution < -0.4 is 5.32 Å². The van der Waals surface area contributed by atoms with Crippen LogP contribution in [0.4, 0.5) is 0 Å². The zero-order valence-corrected chi connectivity index (χ0v) is 10.0. The van der Waals surface area contributed by atoms with Gasteiger partial charge in [-0.2, -0.15) is 0 Å². The maximum Gasteiger partial charge on any atom is 0.242 e. The molecule has 92 valence electrons. The first-order chi connectivity index (χ1) is 7.64. The minimum absolute atomic E-state index is 0.00431. The number of hydrogen-bond acceptors (Lipinski definition) is 3. The molecule has 0 aromatic carbocycles. The molecule has 0 spiro atoms. The highest BCUT2D eigenvalue weighted by molar-refractivity contribution is 5.86. The zero-order chi connectivity index (χ0) is 12.0. The molecular formula is C12H22N2O2. The molecule has 1 aliphatic rings. The quantitative estimate of drug-likeness (QED) is 0.672. The zero-order valence-electron chi connectivity index (χ0n) is 10.0. The largest absolute Gasteiger partial charge is 0.395 e. The van der Waals surface area contributed by atoms with E-state index in [1.807, 2.05) is 6.92 Å². The van der Waals surface area contributed by atoms with E-state index in [1.165, 1.54) is 0 Å². The summed E-state index contributed by atoms with van der Waals surface area (Å²) in [5.74, 6) is 0.0705. The van der Waals surface area contributed by atoms with Crippen molar-refractivity contribution in [3.63, 3.8) is 0 Å². The lowest BCUT2D eigenvalue weighted by Gasteiger charge is -2.37. The van der Waals surface area contributed by atoms with E-state index in [4.69, 9.17) is 5.11 Å². The number of carbonyl (C=O) groups excluding carboxylic acids is 1. The first kappa shape index (κ1) is 13.2. The number of rotatable bonds is 5. The second-order valence-electron chi connectivity index (χ2n) is 4.48. The van der Waals surface area contributed by atoms with E-state index < -0.39 is 5.54 Å². The molecule has 1 atom stereocenters. The van der Waals surface area contributed by atoms with Crippen molar-refractivity contribution < 1.29 is 9.90 Å². The molecular weight excluding hydrogens is 204 g/mol. The minimum Gasteiger partial charge on any atom is -0.395 e. The van der Waals surface area contributed by atoms with Gasteiger partial charge < -0.3 is 15.3 Å². The Labute approximate surface area is 97.3 Å². The Balaban J connectivity index is 2.67. The van der Waals surface area contributed by atoms with E-state index >= 15 is 0 Å². The molecule has 1 fully saturated rings. The molecule has 0 bridgehead atoms. The maximum absolute atomic E-state index is 12.3. The summed E-state index contributed by atoms with van der Waals surface area (Å²) < 4.78 is 0. The average Bonchev–Trinajstić information content (AvgIpc) is 2.29. The van der Waals surface area contributed by atoms with Crippen molar-refractivity contribution in [1.29, 1.82) is 0 Å². The van der Waals surface area contributed by atoms with Crippen LogP contribution in [0.15, 0.2) is 12.7 Å². The lowest BCUT2D eigenvalue weighted by atomic mass is 9.89. The number of nitrogens with one attached hydrogen (secondary N) is 1. The fourth-order valence-electron chi connectivity index (χ4n) is 2.14. The van der Waals surface area contributed by atoms with Crippen LogP contribution >= 0.6 is 0 Å². The molecule has 1 amide bonds. The smallest absolute Gasteiger partial charge is 0.242 e. The molecule has 1 aliphatic heterocycles. The van der Waals surface area contributed by atoms with Crippen molar-refractivity contribution >= 4 is 5.91 Å². The van der Waals surface area contributed by atoms with Crippen LogP contribution in [-0.2, 0) is 4.79 Å². The molecule has 1 heterocycles. The van der Waals surface area contributed by atoms with Gasteiger partial charge in [0.2, 0.25) is 5.91 Å². The van der Waals surface area contributed by atoms with Gasteiger partial charge in [0.1, 0.15) is 0 Å². The number of nitrogens with zero attached hydrogens (tertiary/aromatic N) is 1. The molecule has 4 nitrogen and oxygen atoms in total. The molecule has 0 aromatic heterocycles. The highest BCUT2D eigenvalue weighted by Gasteiger charge is 2.36. The molecule has 1 unspecified atom stereocenters. The van der Waals surface area contributed by atoms with Gasteiger partial charge in [0.25, 0.3) is 0 Å². The highest BCUT2D eigenvalue weighted by atomic mass is 16.3. The fraction of sp³-hybridized carbons (Fsp3) is 0.750. The topological polar surface area (TPSA) is 52.6 Å². The normalized spacial score (nSPS) is 25.1. The van der Waals surface area contributed by atoms with E-state index in [-0.39, 0.29) is 12.5 Å². The Hall–Kier alpha value is -0.870. The van der Waals surface area contributed by atoms with Crippen molar-refractivity contribution in [1.82, 2.24) is 10.2 Å². The molecule has 0 aliphatic carbocycles. The molecule has 16 heavy (non-hydrogen) atoms. The van der Waals surface area contributed by atoms with Crippen molar-refractivity contribution in [2.75, 3.05) is 26.2 Å². The summed E-state index contributed by atoms with van der Waals surface area (Å²) in [5.41, 5.74) is -0.462. The van der Waals surface area contributed by atoms with Gasteiger partial charge in [-0.15, -0.1) is 6.58 Å². The van der Waals surface area contributed by atoms with E-state index in [2.05, 4.69) is 11.9 Å². The number of amides is 1. The van der Waals surface area contributed by atoms with Crippen LogP contribution in [0.25, 0.3) is 0 Å². The lowest BCUT2D eigenvalue weighted by molar-refractivity contribution is -0.138. The van der Waals surface area contributed by atoms with Gasteiger partial charge in [0, 0.05) is 13.1 Å². The maximum atomic E-state index is 12.3. The predicted molar refractivity (Wildman–Crippen MR) is 64.1 cm³/mol. The summed E-state index contributed by atoms with van der Waals surface area (Å²) in [5, 5.41) is 12.2. The lowest BCUT2D eigenvalue weighted by Crippen LogP contribution is -2.58. The van der Waals surface area contributed by atoms with E-state index in [0.29, 0.717) is 13.1 Å². The Morgan fingerprint density at radius 1 is 1.62 bits per heavy atom. The summed E-state index contributed by atoms with van der Waals surface area (Å²) in [7, 11) is 0. The van der Waals surface area contributed by atoms with Crippen LogP contribution in [0.5, 0.6) is 0 Å². The number of piperidine rings is 1. The number of aliphatic hydroxyl groups excluding tert-OH is 1. The molecule has 2 N–H and O–H groups in total. The van der Waals surface area contributed by atoms with Crippen molar-refractivity contribution in [3.8, 4) is 0 Å². The third kappa shape index (κ3) is 3.06. The third-order valence-corrected chi connectivity index (χ3v) is 3.10. The standard InChI is InChI=1S/C12H22N2O2/c1-3-8-14(9-10-15)11(16)12(2)6-4-5-7-13-12/h3,13,15H,1,4-10H2,2H3. The van der Waals surface area contributed by atoms with Gasteiger partial charge in [-0.05, 0) is 32.7 Å². The Morgan fingerprint density at radius 2 is 2.38 bits per heavy atom. The summed E-state index contributed by atoms with van der Waals surface area (Å²) in [6, 6.07) is 0. The van der Waals surface area contributed by atoms with Crippen LogP contribution in [0.2, 0.25) is 0 Å². The Morgan fingerprint density at radius 3 is 2.88 bits per heavy atom. The average molecular weight is 226 g/mol. The van der Waals surface area contributed by atoms with Crippen LogP contribution in [-0.4, -0.2) is 47.7 Å². The van der Waals surface area contributed by atoms with E-state index in [0.717, 1.165) is 25.8 Å². The molecule has 0 radical (unpaired) electrons. The van der Waals surface area contributed by atoms with Gasteiger partial charge in [0.15, 0.2) is 0 Å². The van der Waals surface area contributed by atoms with Crippen LogP contribution in [0.1, 0.15) is 26.2 Å². The number of hydrogen-bond donors (Lipinski definition) is 2. The van der Waals surface area contributed by atoms with Gasteiger partial charge in [-0.25, -0.2) is 0 Å². The fourth-order valence-corrected chi connectivity index (χ4v) is 2.14. The second-order valence-corrected chi connectivity index (χ2v) is 4.48. The molecule has 0 aromatic rings. The summed E-state index contributed by atoms with van der Waals surface area (Å²) in [6.07, 6.45) is 4.77. The molecule has 4 heteroatoms. The summed E-state index contributed by atoms with van der Waals surface area (Å²) >= 11 is 0. The summed E-state index contributed by atoms with van der Waals surface area (Å²) in [6.45, 7) is 7.35. The van der Waals surface area contributed by atoms with Gasteiger partial charge in [0.05, 0.1) is 12.1 Å². The number of carbonyl (C=O) groups is 1. The predicted octanol–water partition coefficient (Wildman–Crippen LogP) is 0.525. The van der Waals surface area contributed by atoms with Crippen LogP contribution in [0.3, 0.4) is 0 Å². The SMILES string of the molecule is C=CCN(CCO)C(=O)C1(C)CCCCN1. The minimum atomic E-state index is -0.462. The van der Waals surface area contributed by atoms with Gasteiger partial charge >= 0.3 is 0 Å². The van der Waals surface area contributed by atoms with Gasteiger partial charge in [-0.3, -0.25) is 4.79 Å². The van der Waals surface area contributed by atoms with Crippen molar-refractivity contribution in [2.24, 2.45) is 0 Å². The van der Waals surface area contributed by atoms with E-state index in [9.17, 15) is 4.79 Å². The van der Waals surface area contributed by atoms with E-state index in [1.54, 1.807) is 11.0 Å². The van der Waals surface area contributed by atoms with Crippen molar-refractivity contribution in [3.05, 3.63) is 12.7 Å². The van der Waals surface area contributed by atoms with Crippen LogP contribution in [0, 0.1) is 0 Å².